The van der Waals surface area contributed by atoms with Crippen molar-refractivity contribution >= 4 is 5.91 Å². The number of nitrogens with two attached hydrogens (primary N) is 1. The van der Waals surface area contributed by atoms with E-state index in [1.807, 2.05) is 0 Å². The Morgan fingerprint density at radius 2 is 2.20 bits per heavy atom. The van der Waals surface area contributed by atoms with Gasteiger partial charge in [-0.1, -0.05) is 0 Å². The van der Waals surface area contributed by atoms with Crippen molar-refractivity contribution in [1.82, 2.24) is 5.32 Å². The zero-order valence-electron chi connectivity index (χ0n) is 8.99. The number of nitrogens with one attached hydrogen (secondary N) is 1. The summed E-state index contributed by atoms with van der Waals surface area (Å²) in [6.07, 6.45) is 0.626. The Labute approximate surface area is 88.1 Å². The second kappa shape index (κ2) is 6.18. The van der Waals surface area contributed by atoms with Crippen LogP contribution in [0.2, 0.25) is 0 Å². The van der Waals surface area contributed by atoms with Crippen molar-refractivity contribution in [1.29, 1.82) is 0 Å². The molecule has 0 unspecified atom stereocenters. The topological polar surface area (TPSA) is 107 Å². The smallest absolute Gasteiger partial charge is 0.294 e. The van der Waals surface area contributed by atoms with Gasteiger partial charge in [0, 0.05) is 18.5 Å². The van der Waals surface area contributed by atoms with Crippen molar-refractivity contribution in [2.45, 2.75) is 32.2 Å². The Hall–Kier alpha value is -1.37. The molecule has 15 heavy (non-hydrogen) atoms. The highest BCUT2D eigenvalue weighted by Crippen LogP contribution is 2.02. The van der Waals surface area contributed by atoms with Crippen LogP contribution in [-0.2, 0) is 9.63 Å². The lowest BCUT2D eigenvalue weighted by Gasteiger charge is -2.17. The van der Waals surface area contributed by atoms with Crippen LogP contribution in [0.3, 0.4) is 0 Å². The maximum Gasteiger partial charge on any atom is 0.294 e. The lowest BCUT2D eigenvalue weighted by Crippen LogP contribution is -2.39. The van der Waals surface area contributed by atoms with E-state index in [-0.39, 0.29) is 18.9 Å². The number of hydrogen-bond donors (Lipinski definition) is 2. The van der Waals surface area contributed by atoms with Crippen LogP contribution in [0, 0.1) is 10.1 Å². The molecule has 0 aliphatic heterocycles. The average Bonchev–Trinajstić information content (AvgIpc) is 1.99. The third-order valence-electron chi connectivity index (χ3n) is 1.46. The fourth-order valence-electron chi connectivity index (χ4n) is 0.915. The maximum atomic E-state index is 11.2. The van der Waals surface area contributed by atoms with E-state index in [2.05, 4.69) is 10.2 Å². The predicted molar refractivity (Wildman–Crippen MR) is 53.5 cm³/mol. The van der Waals surface area contributed by atoms with Crippen molar-refractivity contribution < 1.29 is 14.7 Å². The van der Waals surface area contributed by atoms with Crippen molar-refractivity contribution in [2.75, 3.05) is 13.2 Å². The van der Waals surface area contributed by atoms with Gasteiger partial charge >= 0.3 is 0 Å². The molecule has 0 saturated carbocycles. The summed E-state index contributed by atoms with van der Waals surface area (Å²) in [7, 11) is 0. The minimum atomic E-state index is -0.856. The maximum absolute atomic E-state index is 11.2. The summed E-state index contributed by atoms with van der Waals surface area (Å²) in [5.74, 6) is -0.163. The van der Waals surface area contributed by atoms with Gasteiger partial charge in [0.25, 0.3) is 5.09 Å². The largest absolute Gasteiger partial charge is 0.356 e. The third-order valence-corrected chi connectivity index (χ3v) is 1.46. The van der Waals surface area contributed by atoms with E-state index in [1.165, 1.54) is 0 Å². The van der Waals surface area contributed by atoms with Gasteiger partial charge in [-0.05, 0) is 20.3 Å². The Morgan fingerprint density at radius 1 is 1.60 bits per heavy atom. The van der Waals surface area contributed by atoms with Crippen molar-refractivity contribution in [3.8, 4) is 0 Å². The lowest BCUT2D eigenvalue weighted by molar-refractivity contribution is -0.757. The highest BCUT2D eigenvalue weighted by Gasteiger charge is 2.15. The summed E-state index contributed by atoms with van der Waals surface area (Å²) < 4.78 is 0. The quantitative estimate of drug-likeness (QED) is 0.351. The molecule has 0 saturated heterocycles. The van der Waals surface area contributed by atoms with Gasteiger partial charge in [-0.3, -0.25) is 4.79 Å². The first-order valence-electron chi connectivity index (χ1n) is 4.64. The van der Waals surface area contributed by atoms with Gasteiger partial charge in [0.05, 0.1) is 6.61 Å². The van der Waals surface area contributed by atoms with Crippen LogP contribution in [0.5, 0.6) is 0 Å². The van der Waals surface area contributed by atoms with Gasteiger partial charge in [0.2, 0.25) is 5.91 Å². The summed E-state index contributed by atoms with van der Waals surface area (Å²) >= 11 is 0. The molecule has 0 aromatic carbocycles. The van der Waals surface area contributed by atoms with Crippen molar-refractivity contribution in [3.63, 3.8) is 0 Å². The number of rotatable bonds is 7. The van der Waals surface area contributed by atoms with Gasteiger partial charge in [-0.15, -0.1) is 10.1 Å². The number of amides is 1. The van der Waals surface area contributed by atoms with Crippen LogP contribution in [-0.4, -0.2) is 29.7 Å². The molecule has 7 nitrogen and oxygen atoms in total. The molecule has 0 atom stereocenters. The summed E-state index contributed by atoms with van der Waals surface area (Å²) in [5.41, 5.74) is 5.09. The molecule has 1 amide bonds. The molecule has 0 bridgehead atoms. The highest BCUT2D eigenvalue weighted by atomic mass is 16.9. The van der Waals surface area contributed by atoms with Crippen molar-refractivity contribution in [2.24, 2.45) is 5.73 Å². The summed E-state index contributed by atoms with van der Waals surface area (Å²) in [4.78, 5) is 25.0. The standard InChI is InChI=1S/C8H17N3O4/c1-8(2,9)6-7(12)10-4-3-5-15-11(13)14/h3-6,9H2,1-2H3,(H,10,12). The van der Waals surface area contributed by atoms with Gasteiger partial charge in [0.1, 0.15) is 0 Å². The normalized spacial score (nSPS) is 10.9. The molecule has 7 heteroatoms. The first-order valence-corrected chi connectivity index (χ1v) is 4.64. The van der Waals surface area contributed by atoms with Gasteiger partial charge in [-0.2, -0.15) is 0 Å². The summed E-state index contributed by atoms with van der Waals surface area (Å²) in [5, 5.41) is 11.5. The Bertz CT molecular complexity index is 224. The zero-order chi connectivity index (χ0) is 11.9. The molecular weight excluding hydrogens is 202 g/mol. The summed E-state index contributed by atoms with van der Waals surface area (Å²) in [6.45, 7) is 3.84. The number of nitrogens with zero attached hydrogens (tertiary/aromatic N) is 1. The number of hydrogen-bond acceptors (Lipinski definition) is 5. The Balaban J connectivity index is 3.44. The van der Waals surface area contributed by atoms with E-state index < -0.39 is 10.6 Å². The van der Waals surface area contributed by atoms with E-state index in [0.29, 0.717) is 13.0 Å². The second-order valence-electron chi connectivity index (χ2n) is 3.93. The molecule has 0 rings (SSSR count). The van der Waals surface area contributed by atoms with Gasteiger partial charge < -0.3 is 15.9 Å². The monoisotopic (exact) mass is 219 g/mol. The van der Waals surface area contributed by atoms with Gasteiger partial charge in [0.15, 0.2) is 0 Å². The summed E-state index contributed by atoms with van der Waals surface area (Å²) in [6, 6.07) is 0. The second-order valence-corrected chi connectivity index (χ2v) is 3.93. The molecule has 0 heterocycles. The fraction of sp³-hybridized carbons (Fsp3) is 0.875. The minimum absolute atomic E-state index is 0.0146. The number of carbonyl (C=O) groups is 1. The molecule has 0 spiro atoms. The van der Waals surface area contributed by atoms with Crippen LogP contribution in [0.4, 0.5) is 0 Å². The molecule has 3 N–H and O–H groups in total. The minimum Gasteiger partial charge on any atom is -0.356 e. The Kier molecular flexibility index (Phi) is 5.61. The molecule has 0 aliphatic rings. The molecule has 0 aromatic rings. The van der Waals surface area contributed by atoms with Crippen LogP contribution < -0.4 is 11.1 Å². The third kappa shape index (κ3) is 10.6. The van der Waals surface area contributed by atoms with Gasteiger partial charge in [-0.25, -0.2) is 0 Å². The highest BCUT2D eigenvalue weighted by molar-refractivity contribution is 5.76. The van der Waals surface area contributed by atoms with Crippen LogP contribution in [0.15, 0.2) is 0 Å². The molecule has 0 fully saturated rings. The first-order chi connectivity index (χ1) is 6.81. The average molecular weight is 219 g/mol. The SMILES string of the molecule is CC(C)(N)CC(=O)NCCCO[N+](=O)[O-]. The molecule has 0 aromatic heterocycles. The number of carbonyl (C=O) groups excluding carboxylic acids is 1. The van der Waals surface area contributed by atoms with E-state index in [9.17, 15) is 14.9 Å². The molecule has 0 radical (unpaired) electrons. The predicted octanol–water partition coefficient (Wildman–Crippen LogP) is -0.172. The van der Waals surface area contributed by atoms with E-state index >= 15 is 0 Å². The molecule has 0 aliphatic carbocycles. The zero-order valence-corrected chi connectivity index (χ0v) is 8.99. The van der Waals surface area contributed by atoms with Crippen LogP contribution >= 0.6 is 0 Å². The molecule has 88 valence electrons. The van der Waals surface area contributed by atoms with E-state index in [4.69, 9.17) is 5.73 Å². The Morgan fingerprint density at radius 3 is 2.67 bits per heavy atom. The lowest BCUT2D eigenvalue weighted by atomic mass is 10.0. The first kappa shape index (κ1) is 13.6. The fourth-order valence-corrected chi connectivity index (χ4v) is 0.915. The van der Waals surface area contributed by atoms with Crippen LogP contribution in [0.25, 0.3) is 0 Å². The molecular formula is C8H17N3O4. The van der Waals surface area contributed by atoms with Crippen molar-refractivity contribution in [3.05, 3.63) is 10.1 Å². The van der Waals surface area contributed by atoms with E-state index in [0.717, 1.165) is 0 Å². The van der Waals surface area contributed by atoms with E-state index in [1.54, 1.807) is 13.8 Å². The van der Waals surface area contributed by atoms with Crippen LogP contribution in [0.1, 0.15) is 26.7 Å².